The summed E-state index contributed by atoms with van der Waals surface area (Å²) < 4.78 is 41.5. The van der Waals surface area contributed by atoms with Crippen LogP contribution in [0.1, 0.15) is 37.9 Å². The Morgan fingerprint density at radius 1 is 1.17 bits per heavy atom. The summed E-state index contributed by atoms with van der Waals surface area (Å²) in [5, 5.41) is 11.1. The van der Waals surface area contributed by atoms with Gasteiger partial charge in [0.1, 0.15) is 17.7 Å². The zero-order valence-corrected chi connectivity index (χ0v) is 17.1. The smallest absolute Gasteiger partial charge is 0.242 e. The summed E-state index contributed by atoms with van der Waals surface area (Å²) in [6, 6.07) is 3.54. The van der Waals surface area contributed by atoms with Crippen molar-refractivity contribution in [2.45, 2.75) is 51.1 Å². The van der Waals surface area contributed by atoms with Gasteiger partial charge in [0.25, 0.3) is 0 Å². The van der Waals surface area contributed by atoms with Crippen LogP contribution in [0.25, 0.3) is 11.4 Å². The molecule has 0 aliphatic carbocycles. The number of carbonyl (C=O) groups is 1. The summed E-state index contributed by atoms with van der Waals surface area (Å²) in [6.45, 7) is 1.07. The van der Waals surface area contributed by atoms with Gasteiger partial charge in [-0.2, -0.15) is 4.31 Å². The third-order valence-corrected chi connectivity index (χ3v) is 6.81. The van der Waals surface area contributed by atoms with E-state index in [0.29, 0.717) is 30.9 Å². The molecule has 1 fully saturated rings. The molecule has 1 unspecified atom stereocenters. The van der Waals surface area contributed by atoms with Crippen molar-refractivity contribution in [2.24, 2.45) is 0 Å². The Morgan fingerprint density at radius 2 is 2.00 bits per heavy atom. The van der Waals surface area contributed by atoms with Crippen LogP contribution in [0.3, 0.4) is 0 Å². The Labute approximate surface area is 169 Å². The van der Waals surface area contributed by atoms with Gasteiger partial charge in [0.2, 0.25) is 15.9 Å². The van der Waals surface area contributed by atoms with Gasteiger partial charge in [-0.05, 0) is 43.9 Å². The fourth-order valence-electron chi connectivity index (χ4n) is 4.08. The number of carbonyl (C=O) groups excluding carboxylic acids is 1. The molecule has 1 saturated heterocycles. The van der Waals surface area contributed by atoms with Crippen molar-refractivity contribution >= 4 is 21.6 Å². The molecule has 0 radical (unpaired) electrons. The molecule has 1 aromatic carbocycles. The van der Waals surface area contributed by atoms with Crippen molar-refractivity contribution in [3.05, 3.63) is 29.8 Å². The highest BCUT2D eigenvalue weighted by Gasteiger charge is 2.36. The second-order valence-corrected chi connectivity index (χ2v) is 9.55. The third-order valence-electron chi connectivity index (χ3n) is 5.52. The van der Waals surface area contributed by atoms with Gasteiger partial charge in [0, 0.05) is 25.2 Å². The van der Waals surface area contributed by atoms with Crippen LogP contribution in [0.4, 0.5) is 10.1 Å². The van der Waals surface area contributed by atoms with Crippen LogP contribution in [0.15, 0.2) is 18.2 Å². The first-order chi connectivity index (χ1) is 13.8. The predicted molar refractivity (Wildman–Crippen MR) is 106 cm³/mol. The standard InChI is InChI=1S/C19H24FN5O3S/c1-29(27,28)25-11-5-6-16(25)19(26)21-13-8-9-15(20)14(12-13)18-23-22-17-7-3-2-4-10-24(17)18/h8-9,12,16H,2-7,10-11H2,1H3,(H,21,26). The monoisotopic (exact) mass is 421 g/mol. The van der Waals surface area contributed by atoms with E-state index in [-0.39, 0.29) is 5.56 Å². The third kappa shape index (κ3) is 4.04. The van der Waals surface area contributed by atoms with Gasteiger partial charge in [0.05, 0.1) is 11.8 Å². The van der Waals surface area contributed by atoms with E-state index < -0.39 is 27.8 Å². The van der Waals surface area contributed by atoms with E-state index in [1.165, 1.54) is 22.5 Å². The van der Waals surface area contributed by atoms with Crippen LogP contribution < -0.4 is 5.32 Å². The quantitative estimate of drug-likeness (QED) is 0.816. The summed E-state index contributed by atoms with van der Waals surface area (Å²) >= 11 is 0. The normalized spacial score (nSPS) is 20.3. The number of anilines is 1. The number of halogens is 1. The SMILES string of the molecule is CS(=O)(=O)N1CCCC1C(=O)Nc1ccc(F)c(-c2nnc3n2CCCCC3)c1. The Hall–Kier alpha value is -2.33. The van der Waals surface area contributed by atoms with E-state index in [1.54, 1.807) is 0 Å². The molecule has 0 bridgehead atoms. The van der Waals surface area contributed by atoms with Crippen LogP contribution in [0.5, 0.6) is 0 Å². The van der Waals surface area contributed by atoms with Crippen molar-refractivity contribution in [1.82, 2.24) is 19.1 Å². The summed E-state index contributed by atoms with van der Waals surface area (Å²) in [6.07, 6.45) is 6.13. The largest absolute Gasteiger partial charge is 0.325 e. The van der Waals surface area contributed by atoms with Gasteiger partial charge in [-0.3, -0.25) is 4.79 Å². The van der Waals surface area contributed by atoms with Crippen molar-refractivity contribution in [2.75, 3.05) is 18.1 Å². The van der Waals surface area contributed by atoms with Crippen molar-refractivity contribution in [3.63, 3.8) is 0 Å². The molecule has 1 N–H and O–H groups in total. The number of hydrogen-bond acceptors (Lipinski definition) is 5. The first-order valence-electron chi connectivity index (χ1n) is 9.84. The highest BCUT2D eigenvalue weighted by atomic mass is 32.2. The van der Waals surface area contributed by atoms with Crippen LogP contribution in [0.2, 0.25) is 0 Å². The number of nitrogens with zero attached hydrogens (tertiary/aromatic N) is 4. The summed E-state index contributed by atoms with van der Waals surface area (Å²) in [4.78, 5) is 12.7. The van der Waals surface area contributed by atoms with E-state index in [2.05, 4.69) is 15.5 Å². The molecule has 8 nitrogen and oxygen atoms in total. The molecule has 1 aromatic heterocycles. The number of aromatic nitrogens is 3. The van der Waals surface area contributed by atoms with E-state index in [0.717, 1.165) is 44.3 Å². The predicted octanol–water partition coefficient (Wildman–Crippen LogP) is 2.17. The second kappa shape index (κ2) is 7.83. The van der Waals surface area contributed by atoms with E-state index in [9.17, 15) is 17.6 Å². The van der Waals surface area contributed by atoms with E-state index >= 15 is 0 Å². The van der Waals surface area contributed by atoms with Gasteiger partial charge in [-0.25, -0.2) is 12.8 Å². The van der Waals surface area contributed by atoms with Crippen molar-refractivity contribution in [1.29, 1.82) is 0 Å². The molecule has 1 atom stereocenters. The molecule has 2 aromatic rings. The molecular formula is C19H24FN5O3S. The number of sulfonamides is 1. The number of amides is 1. The number of rotatable bonds is 4. The maximum atomic E-state index is 14.6. The number of hydrogen-bond donors (Lipinski definition) is 1. The molecule has 156 valence electrons. The summed E-state index contributed by atoms with van der Waals surface area (Å²) in [5.74, 6) is 0.446. The molecule has 4 rings (SSSR count). The minimum absolute atomic E-state index is 0.273. The maximum Gasteiger partial charge on any atom is 0.242 e. The minimum atomic E-state index is -3.46. The lowest BCUT2D eigenvalue weighted by Crippen LogP contribution is -2.42. The molecule has 3 heterocycles. The molecule has 0 saturated carbocycles. The summed E-state index contributed by atoms with van der Waals surface area (Å²) in [5.41, 5.74) is 0.674. The lowest BCUT2D eigenvalue weighted by Gasteiger charge is -2.21. The minimum Gasteiger partial charge on any atom is -0.325 e. The van der Waals surface area contributed by atoms with Gasteiger partial charge in [0.15, 0.2) is 5.82 Å². The average molecular weight is 421 g/mol. The van der Waals surface area contributed by atoms with Crippen molar-refractivity contribution in [3.8, 4) is 11.4 Å². The number of aryl methyl sites for hydroxylation is 1. The van der Waals surface area contributed by atoms with Crippen LogP contribution in [-0.4, -0.2) is 52.2 Å². The number of fused-ring (bicyclic) bond motifs is 1. The molecular weight excluding hydrogens is 397 g/mol. The van der Waals surface area contributed by atoms with Gasteiger partial charge in [-0.1, -0.05) is 6.42 Å². The van der Waals surface area contributed by atoms with Crippen LogP contribution in [0, 0.1) is 5.82 Å². The van der Waals surface area contributed by atoms with Crippen molar-refractivity contribution < 1.29 is 17.6 Å². The molecule has 2 aliphatic rings. The van der Waals surface area contributed by atoms with Gasteiger partial charge >= 0.3 is 0 Å². The van der Waals surface area contributed by atoms with Gasteiger partial charge < -0.3 is 9.88 Å². The van der Waals surface area contributed by atoms with Crippen LogP contribution in [-0.2, 0) is 27.8 Å². The number of nitrogens with one attached hydrogen (secondary N) is 1. The van der Waals surface area contributed by atoms with E-state index in [4.69, 9.17) is 0 Å². The summed E-state index contributed by atoms with van der Waals surface area (Å²) in [7, 11) is -3.46. The molecule has 10 heteroatoms. The molecule has 2 aliphatic heterocycles. The number of benzene rings is 1. The fraction of sp³-hybridized carbons (Fsp3) is 0.526. The lowest BCUT2D eigenvalue weighted by atomic mass is 10.1. The van der Waals surface area contributed by atoms with E-state index in [1.807, 2.05) is 4.57 Å². The average Bonchev–Trinajstić information content (AvgIpc) is 3.25. The topological polar surface area (TPSA) is 97.2 Å². The Bertz CT molecular complexity index is 1040. The first-order valence-corrected chi connectivity index (χ1v) is 11.7. The fourth-order valence-corrected chi connectivity index (χ4v) is 5.21. The first kappa shape index (κ1) is 20.0. The van der Waals surface area contributed by atoms with Gasteiger partial charge in [-0.15, -0.1) is 10.2 Å². The highest BCUT2D eigenvalue weighted by Crippen LogP contribution is 2.28. The van der Waals surface area contributed by atoms with Crippen LogP contribution >= 0.6 is 0 Å². The zero-order chi connectivity index (χ0) is 20.6. The Kier molecular flexibility index (Phi) is 5.39. The Morgan fingerprint density at radius 3 is 2.79 bits per heavy atom. The lowest BCUT2D eigenvalue weighted by molar-refractivity contribution is -0.119. The second-order valence-electron chi connectivity index (χ2n) is 7.62. The molecule has 29 heavy (non-hydrogen) atoms. The molecule has 1 amide bonds. The molecule has 0 spiro atoms. The Balaban J connectivity index is 1.60. The highest BCUT2D eigenvalue weighted by molar-refractivity contribution is 7.88. The maximum absolute atomic E-state index is 14.6. The zero-order valence-electron chi connectivity index (χ0n) is 16.3.